The molecule has 7 rings (SSSR count). The van der Waals surface area contributed by atoms with E-state index in [4.69, 9.17) is 0 Å². The Bertz CT molecular complexity index is 1560. The van der Waals surface area contributed by atoms with Crippen molar-refractivity contribution in [2.45, 2.75) is 43.2 Å². The molecule has 1 aromatic carbocycles. The minimum absolute atomic E-state index is 0.0537. The first-order valence-electron chi connectivity index (χ1n) is 12.0. The summed E-state index contributed by atoms with van der Waals surface area (Å²) in [6.07, 6.45) is 4.90. The number of nitrogens with one attached hydrogen (secondary N) is 2. The maximum atomic E-state index is 13.9. The number of benzene rings is 1. The summed E-state index contributed by atoms with van der Waals surface area (Å²) in [5.74, 6) is -0.521. The molecule has 0 spiro atoms. The van der Waals surface area contributed by atoms with Gasteiger partial charge in [0, 0.05) is 22.5 Å². The first-order chi connectivity index (χ1) is 17.5. The molecule has 2 aromatic rings. The van der Waals surface area contributed by atoms with Gasteiger partial charge in [-0.25, -0.2) is 21.8 Å². The van der Waals surface area contributed by atoms with Crippen LogP contribution in [0.4, 0.5) is 11.4 Å². The lowest BCUT2D eigenvalue weighted by Gasteiger charge is -2.54. The van der Waals surface area contributed by atoms with Crippen LogP contribution in [0.5, 0.6) is 0 Å². The van der Waals surface area contributed by atoms with E-state index in [-0.39, 0.29) is 57.2 Å². The summed E-state index contributed by atoms with van der Waals surface area (Å²) >= 11 is 1.55. The highest BCUT2D eigenvalue weighted by Gasteiger charge is 2.54. The molecule has 2 aliphatic heterocycles. The smallest absolute Gasteiger partial charge is 0.265 e. The average Bonchev–Trinajstić information content (AvgIpc) is 3.34. The SMILES string of the molecule is CS(=O)(=O)Nc1ccc2c(c1)S(=O)(=O)NC(C1=C(O)[C@@H]3C4CCC(CC4)[C@@H]3N(Cc3cccs3)C1=O)=N2. The number of carbonyl (C=O) groups excluding carboxylic acids is 1. The number of thiophene rings is 1. The second kappa shape index (κ2) is 8.57. The van der Waals surface area contributed by atoms with Gasteiger partial charge in [0.2, 0.25) is 10.0 Å². The Balaban J connectivity index is 1.45. The number of sulfonamides is 2. The number of aliphatic hydroxyl groups is 1. The van der Waals surface area contributed by atoms with Gasteiger partial charge in [-0.15, -0.1) is 11.3 Å². The lowest BCUT2D eigenvalue weighted by molar-refractivity contribution is -0.140. The highest BCUT2D eigenvalue weighted by atomic mass is 32.2. The zero-order chi connectivity index (χ0) is 26.1. The van der Waals surface area contributed by atoms with Crippen LogP contribution in [0.25, 0.3) is 0 Å². The molecule has 10 nitrogen and oxygen atoms in total. The van der Waals surface area contributed by atoms with Crippen molar-refractivity contribution in [2.24, 2.45) is 22.7 Å². The van der Waals surface area contributed by atoms with E-state index in [9.17, 15) is 26.7 Å². The van der Waals surface area contributed by atoms with Crippen LogP contribution in [0, 0.1) is 17.8 Å². The van der Waals surface area contributed by atoms with Crippen molar-refractivity contribution in [1.29, 1.82) is 0 Å². The second-order valence-electron chi connectivity index (χ2n) is 10.1. The van der Waals surface area contributed by atoms with E-state index in [0.717, 1.165) is 36.8 Å². The highest BCUT2D eigenvalue weighted by molar-refractivity contribution is 7.92. The molecule has 0 radical (unpaired) electrons. The van der Waals surface area contributed by atoms with E-state index in [1.54, 1.807) is 16.2 Å². The Hall–Kier alpha value is -2.90. The van der Waals surface area contributed by atoms with Gasteiger partial charge in [0.05, 0.1) is 18.5 Å². The van der Waals surface area contributed by atoms with Crippen molar-refractivity contribution < 1.29 is 26.7 Å². The number of anilines is 1. The number of rotatable bonds is 5. The molecule has 196 valence electrons. The van der Waals surface area contributed by atoms with Gasteiger partial charge in [0.15, 0.2) is 5.84 Å². The van der Waals surface area contributed by atoms with Gasteiger partial charge in [0.1, 0.15) is 16.2 Å². The molecule has 2 bridgehead atoms. The standard InChI is InChI=1S/C24H26N4O6S3/c1-36(31,32)26-15-8-9-17-18(11-15)37(33,34)27-23(25-17)20-22(29)19-13-4-6-14(7-5-13)21(19)28(24(20)30)12-16-3-2-10-35-16/h2-3,8-11,13-14,19,21,26,29H,4-7,12H2,1H3,(H,25,27)/t13?,14?,19-,21+/m1/s1. The summed E-state index contributed by atoms with van der Waals surface area (Å²) in [5.41, 5.74) is 0.0141. The van der Waals surface area contributed by atoms with Crippen molar-refractivity contribution in [3.63, 3.8) is 0 Å². The number of hydrogen-bond donors (Lipinski definition) is 3. The van der Waals surface area contributed by atoms with Crippen molar-refractivity contribution in [2.75, 3.05) is 11.0 Å². The van der Waals surface area contributed by atoms with Crippen LogP contribution in [0.1, 0.15) is 30.6 Å². The van der Waals surface area contributed by atoms with Gasteiger partial charge < -0.3 is 10.0 Å². The van der Waals surface area contributed by atoms with E-state index in [1.165, 1.54) is 18.2 Å². The first kappa shape index (κ1) is 24.4. The van der Waals surface area contributed by atoms with E-state index < -0.39 is 26.0 Å². The van der Waals surface area contributed by atoms with E-state index in [2.05, 4.69) is 14.4 Å². The van der Waals surface area contributed by atoms with Crippen LogP contribution in [0.2, 0.25) is 0 Å². The zero-order valence-electron chi connectivity index (χ0n) is 19.9. The number of carbonyl (C=O) groups is 1. The van der Waals surface area contributed by atoms with E-state index >= 15 is 0 Å². The fraction of sp³-hybridized carbons (Fsp3) is 0.417. The van der Waals surface area contributed by atoms with Gasteiger partial charge in [-0.1, -0.05) is 6.07 Å². The van der Waals surface area contributed by atoms with Crippen LogP contribution in [-0.2, 0) is 31.4 Å². The molecule has 3 saturated carbocycles. The lowest BCUT2D eigenvalue weighted by atomic mass is 9.59. The third kappa shape index (κ3) is 4.22. The van der Waals surface area contributed by atoms with Crippen LogP contribution in [0.15, 0.2) is 56.9 Å². The number of nitrogens with zero attached hydrogens (tertiary/aromatic N) is 2. The van der Waals surface area contributed by atoms with Crippen molar-refractivity contribution in [3.8, 4) is 0 Å². The number of aliphatic imine (C=N–C) groups is 1. The summed E-state index contributed by atoms with van der Waals surface area (Å²) in [7, 11) is -7.82. The van der Waals surface area contributed by atoms with Gasteiger partial charge >= 0.3 is 0 Å². The van der Waals surface area contributed by atoms with Gasteiger partial charge in [-0.2, -0.15) is 0 Å². The van der Waals surface area contributed by atoms with Gasteiger partial charge in [0.25, 0.3) is 15.9 Å². The summed E-state index contributed by atoms with van der Waals surface area (Å²) < 4.78 is 54.2. The molecular formula is C24H26N4O6S3. The largest absolute Gasteiger partial charge is 0.511 e. The van der Waals surface area contributed by atoms with E-state index in [1.807, 2.05) is 17.5 Å². The maximum Gasteiger partial charge on any atom is 0.265 e. The van der Waals surface area contributed by atoms with Crippen molar-refractivity contribution in [1.82, 2.24) is 9.62 Å². The van der Waals surface area contributed by atoms with Crippen LogP contribution >= 0.6 is 11.3 Å². The number of fused-ring (bicyclic) bond motifs is 3. The second-order valence-corrected chi connectivity index (χ2v) is 14.5. The summed E-state index contributed by atoms with van der Waals surface area (Å²) in [6, 6.07) is 7.71. The molecule has 13 heteroatoms. The molecule has 3 aliphatic carbocycles. The topological polar surface area (TPSA) is 145 Å². The number of hydrogen-bond acceptors (Lipinski definition) is 8. The molecule has 5 aliphatic rings. The molecule has 3 fully saturated rings. The van der Waals surface area contributed by atoms with Crippen LogP contribution < -0.4 is 9.44 Å². The number of aliphatic hydroxyl groups excluding tert-OH is 1. The Morgan fingerprint density at radius 2 is 1.92 bits per heavy atom. The number of amidine groups is 1. The molecule has 0 saturated heterocycles. The Morgan fingerprint density at radius 3 is 2.59 bits per heavy atom. The minimum Gasteiger partial charge on any atom is -0.511 e. The van der Waals surface area contributed by atoms with Crippen molar-refractivity contribution in [3.05, 3.63) is 51.9 Å². The monoisotopic (exact) mass is 562 g/mol. The molecule has 1 aromatic heterocycles. The van der Waals surface area contributed by atoms with E-state index in [0.29, 0.717) is 6.54 Å². The normalized spacial score (nSPS) is 28.3. The van der Waals surface area contributed by atoms with Crippen molar-refractivity contribution >= 4 is 54.5 Å². The molecular weight excluding hydrogens is 536 g/mol. The fourth-order valence-electron chi connectivity index (χ4n) is 6.31. The van der Waals surface area contributed by atoms with Gasteiger partial charge in [-0.3, -0.25) is 14.2 Å². The summed E-state index contributed by atoms with van der Waals surface area (Å²) in [4.78, 5) is 21.0. The number of amides is 1. The maximum absolute atomic E-state index is 13.9. The third-order valence-corrected chi connectivity index (χ3v) is 10.6. The Labute approximate surface area is 219 Å². The predicted octanol–water partition coefficient (Wildman–Crippen LogP) is 3.10. The van der Waals surface area contributed by atoms with Crippen LogP contribution in [-0.4, -0.2) is 50.9 Å². The first-order valence-corrected chi connectivity index (χ1v) is 16.3. The Kier molecular flexibility index (Phi) is 5.66. The average molecular weight is 563 g/mol. The lowest BCUT2D eigenvalue weighted by Crippen LogP contribution is -2.60. The molecule has 0 unspecified atom stereocenters. The zero-order valence-corrected chi connectivity index (χ0v) is 22.4. The molecule has 2 atom stereocenters. The van der Waals surface area contributed by atoms with Crippen LogP contribution in [0.3, 0.4) is 0 Å². The molecule has 1 amide bonds. The summed E-state index contributed by atoms with van der Waals surface area (Å²) in [6.45, 7) is 0.384. The minimum atomic E-state index is -4.20. The molecule has 3 heterocycles. The Morgan fingerprint density at radius 1 is 1.19 bits per heavy atom. The predicted molar refractivity (Wildman–Crippen MR) is 140 cm³/mol. The third-order valence-electron chi connectivity index (χ3n) is 7.74. The fourth-order valence-corrected chi connectivity index (χ4v) is 8.75. The summed E-state index contributed by atoms with van der Waals surface area (Å²) in [5, 5.41) is 13.4. The molecule has 37 heavy (non-hydrogen) atoms. The molecule has 3 N–H and O–H groups in total. The van der Waals surface area contributed by atoms with Gasteiger partial charge in [-0.05, 0) is 67.2 Å². The quantitative estimate of drug-likeness (QED) is 0.511. The highest BCUT2D eigenvalue weighted by Crippen LogP contribution is 2.52.